The summed E-state index contributed by atoms with van der Waals surface area (Å²) in [5.74, 6) is 1.34. The Balaban J connectivity index is 1.54. The number of methoxy groups -OCH3 is 1. The van der Waals surface area contributed by atoms with Crippen molar-refractivity contribution in [2.75, 3.05) is 7.11 Å². The van der Waals surface area contributed by atoms with E-state index in [0.29, 0.717) is 37.4 Å². The molecule has 1 N–H and O–H groups in total. The van der Waals surface area contributed by atoms with E-state index in [-0.39, 0.29) is 11.5 Å². The topological polar surface area (TPSA) is 90.5 Å². The molecule has 0 bridgehead atoms. The zero-order chi connectivity index (χ0) is 18.5. The number of hydrogen-bond acceptors (Lipinski definition) is 5. The number of nitrogens with zero attached hydrogens (tertiary/aromatic N) is 4. The van der Waals surface area contributed by atoms with Gasteiger partial charge < -0.3 is 10.1 Å². The summed E-state index contributed by atoms with van der Waals surface area (Å²) in [6, 6.07) is 7.54. The number of nitrogens with one attached hydrogen (secondary N) is 1. The molecule has 0 saturated carbocycles. The molecule has 0 saturated heterocycles. The fourth-order valence-corrected chi connectivity index (χ4v) is 2.78. The summed E-state index contributed by atoms with van der Waals surface area (Å²) >= 11 is 0. The van der Waals surface area contributed by atoms with Crippen LogP contribution in [0.4, 0.5) is 0 Å². The molecular weight excluding hydrogens is 334 g/mol. The van der Waals surface area contributed by atoms with Gasteiger partial charge in [0.25, 0.3) is 0 Å². The second-order valence-electron chi connectivity index (χ2n) is 5.89. The van der Waals surface area contributed by atoms with Crippen LogP contribution in [0.15, 0.2) is 41.5 Å². The molecule has 0 aliphatic heterocycles. The molecule has 26 heavy (non-hydrogen) atoms. The molecule has 0 aliphatic rings. The molecule has 1 aromatic carbocycles. The smallest absolute Gasteiger partial charge is 0.310 e. The van der Waals surface area contributed by atoms with Gasteiger partial charge in [-0.2, -0.15) is 5.10 Å². The first kappa shape index (κ1) is 17.7. The Hall–Kier alpha value is -3.16. The van der Waals surface area contributed by atoms with E-state index in [9.17, 15) is 9.59 Å². The van der Waals surface area contributed by atoms with Crippen LogP contribution in [0.2, 0.25) is 0 Å². The highest BCUT2D eigenvalue weighted by Gasteiger charge is 2.09. The minimum absolute atomic E-state index is 0.0810. The number of para-hydroxylation sites is 1. The molecule has 3 aromatic rings. The van der Waals surface area contributed by atoms with Gasteiger partial charge in [-0.25, -0.2) is 9.67 Å². The maximum Gasteiger partial charge on any atom is 0.310 e. The van der Waals surface area contributed by atoms with Crippen LogP contribution in [-0.4, -0.2) is 32.2 Å². The maximum atomic E-state index is 12.3. The van der Waals surface area contributed by atoms with E-state index >= 15 is 0 Å². The van der Waals surface area contributed by atoms with E-state index in [1.165, 1.54) is 4.68 Å². The van der Waals surface area contributed by atoms with E-state index in [1.54, 1.807) is 23.9 Å². The van der Waals surface area contributed by atoms with Crippen LogP contribution in [-0.2, 0) is 17.9 Å². The summed E-state index contributed by atoms with van der Waals surface area (Å²) in [6.45, 7) is 2.58. The Bertz CT molecular complexity index is 976. The molecule has 2 aromatic heterocycles. The van der Waals surface area contributed by atoms with Gasteiger partial charge in [0.15, 0.2) is 0 Å². The average molecular weight is 355 g/mol. The maximum absolute atomic E-state index is 12.3. The van der Waals surface area contributed by atoms with E-state index in [2.05, 4.69) is 15.4 Å². The lowest BCUT2D eigenvalue weighted by Gasteiger charge is -2.10. The van der Waals surface area contributed by atoms with Crippen LogP contribution < -0.4 is 15.6 Å². The number of rotatable bonds is 7. The second-order valence-corrected chi connectivity index (χ2v) is 5.89. The van der Waals surface area contributed by atoms with Crippen LogP contribution in [0.3, 0.4) is 0 Å². The Kier molecular flexibility index (Phi) is 5.31. The van der Waals surface area contributed by atoms with Crippen LogP contribution in [0.5, 0.6) is 5.75 Å². The van der Waals surface area contributed by atoms with Gasteiger partial charge in [-0.1, -0.05) is 18.2 Å². The lowest BCUT2D eigenvalue weighted by Crippen LogP contribution is -2.28. The fourth-order valence-electron chi connectivity index (χ4n) is 2.78. The molecular formula is C18H21N5O3. The number of imidazole rings is 1. The first-order valence-corrected chi connectivity index (χ1v) is 8.39. The van der Waals surface area contributed by atoms with E-state index in [1.807, 2.05) is 31.2 Å². The number of carbonyl (C=O) groups excluding carboxylic acids is 1. The van der Waals surface area contributed by atoms with Crippen molar-refractivity contribution in [1.82, 2.24) is 24.5 Å². The van der Waals surface area contributed by atoms with Crippen molar-refractivity contribution >= 4 is 11.6 Å². The summed E-state index contributed by atoms with van der Waals surface area (Å²) in [4.78, 5) is 28.4. The summed E-state index contributed by atoms with van der Waals surface area (Å²) in [6.07, 6.45) is 4.10. The normalized spacial score (nSPS) is 10.8. The third-order valence-corrected chi connectivity index (χ3v) is 4.12. The molecule has 8 nitrogen and oxygen atoms in total. The largest absolute Gasteiger partial charge is 0.496 e. The van der Waals surface area contributed by atoms with Gasteiger partial charge in [0, 0.05) is 37.5 Å². The highest BCUT2D eigenvalue weighted by molar-refractivity contribution is 5.75. The number of ether oxygens (including phenoxy) is 1. The SMILES string of the molecule is COc1ccccc1CNC(=O)CCCn1nc(C)n2ccnc2c1=O. The van der Waals surface area contributed by atoms with Crippen LogP contribution >= 0.6 is 0 Å². The number of carbonyl (C=O) groups is 1. The van der Waals surface area contributed by atoms with Crippen LogP contribution in [0.25, 0.3) is 5.65 Å². The summed E-state index contributed by atoms with van der Waals surface area (Å²) in [7, 11) is 1.60. The Morgan fingerprint density at radius 2 is 2.12 bits per heavy atom. The zero-order valence-corrected chi connectivity index (χ0v) is 14.8. The van der Waals surface area contributed by atoms with Gasteiger partial charge in [0.1, 0.15) is 11.6 Å². The van der Waals surface area contributed by atoms with Gasteiger partial charge in [-0.3, -0.25) is 14.0 Å². The predicted molar refractivity (Wildman–Crippen MR) is 96.1 cm³/mol. The van der Waals surface area contributed by atoms with E-state index in [0.717, 1.165) is 11.3 Å². The number of amides is 1. The third kappa shape index (κ3) is 3.74. The summed E-state index contributed by atoms with van der Waals surface area (Å²) in [5, 5.41) is 7.13. The zero-order valence-electron chi connectivity index (χ0n) is 14.8. The lowest BCUT2D eigenvalue weighted by atomic mass is 10.2. The minimum Gasteiger partial charge on any atom is -0.496 e. The number of fused-ring (bicyclic) bond motifs is 1. The monoisotopic (exact) mass is 355 g/mol. The molecule has 0 atom stereocenters. The quantitative estimate of drug-likeness (QED) is 0.690. The highest BCUT2D eigenvalue weighted by Crippen LogP contribution is 2.16. The van der Waals surface area contributed by atoms with Gasteiger partial charge in [-0.05, 0) is 19.4 Å². The first-order chi connectivity index (χ1) is 12.6. The van der Waals surface area contributed by atoms with Crippen molar-refractivity contribution in [1.29, 1.82) is 0 Å². The molecule has 136 valence electrons. The number of aromatic nitrogens is 4. The molecule has 8 heteroatoms. The van der Waals surface area contributed by atoms with Crippen molar-refractivity contribution < 1.29 is 9.53 Å². The lowest BCUT2D eigenvalue weighted by molar-refractivity contribution is -0.121. The summed E-state index contributed by atoms with van der Waals surface area (Å²) in [5.41, 5.74) is 1.01. The van der Waals surface area contributed by atoms with E-state index in [4.69, 9.17) is 4.74 Å². The fraction of sp³-hybridized carbons (Fsp3) is 0.333. The van der Waals surface area contributed by atoms with Gasteiger partial charge in [0.2, 0.25) is 11.6 Å². The molecule has 0 fully saturated rings. The molecule has 0 unspecified atom stereocenters. The van der Waals surface area contributed by atoms with Gasteiger partial charge >= 0.3 is 5.56 Å². The Labute approximate surface area is 150 Å². The molecule has 0 aliphatic carbocycles. The molecule has 0 radical (unpaired) electrons. The second kappa shape index (κ2) is 7.81. The number of aryl methyl sites for hydroxylation is 2. The third-order valence-electron chi connectivity index (χ3n) is 4.12. The Morgan fingerprint density at radius 3 is 2.92 bits per heavy atom. The van der Waals surface area contributed by atoms with Gasteiger partial charge in [0.05, 0.1) is 7.11 Å². The number of hydrogen-bond donors (Lipinski definition) is 1. The van der Waals surface area contributed by atoms with Crippen molar-refractivity contribution in [3.63, 3.8) is 0 Å². The van der Waals surface area contributed by atoms with Crippen molar-refractivity contribution in [3.8, 4) is 5.75 Å². The van der Waals surface area contributed by atoms with Crippen molar-refractivity contribution in [2.45, 2.75) is 32.9 Å². The molecule has 1 amide bonds. The average Bonchev–Trinajstić information content (AvgIpc) is 3.15. The minimum atomic E-state index is -0.255. The standard InChI is InChI=1S/C18H21N5O3/c1-13-21-23(18(25)17-19-9-11-22(13)17)10-5-8-16(24)20-12-14-6-3-4-7-15(14)26-2/h3-4,6-7,9,11H,5,8,10,12H2,1-2H3,(H,20,24). The Morgan fingerprint density at radius 1 is 1.31 bits per heavy atom. The van der Waals surface area contributed by atoms with Crippen molar-refractivity contribution in [3.05, 3.63) is 58.4 Å². The first-order valence-electron chi connectivity index (χ1n) is 8.39. The van der Waals surface area contributed by atoms with Gasteiger partial charge in [-0.15, -0.1) is 0 Å². The molecule has 0 spiro atoms. The summed E-state index contributed by atoms with van der Waals surface area (Å²) < 4.78 is 8.28. The molecule has 3 rings (SSSR count). The molecule has 2 heterocycles. The predicted octanol–water partition coefficient (Wildman–Crippen LogP) is 1.30. The highest BCUT2D eigenvalue weighted by atomic mass is 16.5. The van der Waals surface area contributed by atoms with Crippen LogP contribution in [0.1, 0.15) is 24.2 Å². The van der Waals surface area contributed by atoms with E-state index < -0.39 is 0 Å². The van der Waals surface area contributed by atoms with Crippen molar-refractivity contribution in [2.24, 2.45) is 0 Å². The van der Waals surface area contributed by atoms with Crippen LogP contribution in [0, 0.1) is 6.92 Å². The number of benzene rings is 1.